The van der Waals surface area contributed by atoms with Gasteiger partial charge in [0.2, 0.25) is 16.9 Å². The molecule has 0 radical (unpaired) electrons. The van der Waals surface area contributed by atoms with E-state index in [2.05, 4.69) is 47.9 Å². The number of imidazole rings is 1. The molecule has 3 heterocycles. The number of nitrogens with zero attached hydrogens (tertiary/aromatic N) is 4. The Morgan fingerprint density at radius 3 is 2.20 bits per heavy atom. The molecule has 24 nitrogen and oxygen atoms in total. The fourth-order valence-electron chi connectivity index (χ4n) is 6.30. The monoisotopic (exact) mass is 989 g/mol. The molecule has 7 atom stereocenters. The molecular formula is C36H62N7O17P3S. The predicted octanol–water partition coefficient (Wildman–Crippen LogP) is 3.53. The number of phosphoric ester groups is 3. The van der Waals surface area contributed by atoms with Crippen molar-refractivity contribution in [2.45, 2.75) is 128 Å². The van der Waals surface area contributed by atoms with Gasteiger partial charge in [-0.2, -0.15) is 4.31 Å². The van der Waals surface area contributed by atoms with Crippen LogP contribution in [0.3, 0.4) is 0 Å². The number of aromatic nitrogens is 4. The first-order chi connectivity index (χ1) is 30.0. The lowest BCUT2D eigenvalue weighted by molar-refractivity contribution is -0.137. The third kappa shape index (κ3) is 18.9. The number of ether oxygens (including phenoxy) is 1. The van der Waals surface area contributed by atoms with Crippen molar-refractivity contribution in [1.29, 1.82) is 0 Å². The second-order valence-corrected chi connectivity index (χ2v) is 21.0. The van der Waals surface area contributed by atoms with E-state index < -0.39 is 84.6 Å². The van der Waals surface area contributed by atoms with Gasteiger partial charge in [0, 0.05) is 30.7 Å². The summed E-state index contributed by atoms with van der Waals surface area (Å²) in [5.41, 5.74) is 4.82. The summed E-state index contributed by atoms with van der Waals surface area (Å²) in [6.07, 6.45) is 5.64. The minimum Gasteiger partial charge on any atom is -0.386 e. The van der Waals surface area contributed by atoms with Crippen LogP contribution in [0.15, 0.2) is 24.8 Å². The van der Waals surface area contributed by atoms with Crippen LogP contribution in [0.5, 0.6) is 0 Å². The van der Waals surface area contributed by atoms with Crippen molar-refractivity contribution in [3.8, 4) is 0 Å². The molecule has 2 amide bonds. The maximum absolute atomic E-state index is 12.7. The summed E-state index contributed by atoms with van der Waals surface area (Å²) in [6, 6.07) is 0. The van der Waals surface area contributed by atoms with E-state index in [1.165, 1.54) is 58.8 Å². The van der Waals surface area contributed by atoms with Crippen LogP contribution in [-0.2, 0) is 50.7 Å². The number of hydrogen-bond acceptors (Lipinski definition) is 18. The number of nitrogens with one attached hydrogen (secondary N) is 2. The number of hydrogen-bond donors (Lipinski definition) is 9. The zero-order chi connectivity index (χ0) is 47.7. The molecule has 0 saturated carbocycles. The normalized spacial score (nSPS) is 20.4. The van der Waals surface area contributed by atoms with E-state index in [1.807, 2.05) is 0 Å². The molecule has 2 unspecified atom stereocenters. The second kappa shape index (κ2) is 26.0. The molecule has 0 aliphatic carbocycles. The second-order valence-electron chi connectivity index (χ2n) is 15.7. The Morgan fingerprint density at radius 2 is 1.56 bits per heavy atom. The molecule has 1 saturated heterocycles. The van der Waals surface area contributed by atoms with Crippen LogP contribution in [0.25, 0.3) is 11.2 Å². The van der Waals surface area contributed by atoms with Crippen LogP contribution in [0.1, 0.15) is 104 Å². The van der Waals surface area contributed by atoms with Crippen LogP contribution in [0, 0.1) is 5.41 Å². The number of nitrogen functional groups attached to an aromatic ring is 1. The Bertz CT molecular complexity index is 2010. The number of phosphoric acid groups is 3. The number of rotatable bonds is 31. The first-order valence-corrected chi connectivity index (χ1v) is 26.2. The molecule has 2 aromatic rings. The molecule has 0 spiro atoms. The molecule has 0 bridgehead atoms. The van der Waals surface area contributed by atoms with Gasteiger partial charge in [-0.3, -0.25) is 32.5 Å². The average molecular weight is 990 g/mol. The van der Waals surface area contributed by atoms with Crippen molar-refractivity contribution in [1.82, 2.24) is 30.2 Å². The Labute approximate surface area is 375 Å². The van der Waals surface area contributed by atoms with E-state index >= 15 is 0 Å². The summed E-state index contributed by atoms with van der Waals surface area (Å²) < 4.78 is 62.4. The van der Waals surface area contributed by atoms with Gasteiger partial charge in [0.25, 0.3) is 0 Å². The van der Waals surface area contributed by atoms with Crippen LogP contribution in [0.2, 0.25) is 0 Å². The Morgan fingerprint density at radius 1 is 0.938 bits per heavy atom. The first-order valence-electron chi connectivity index (χ1n) is 20.7. The number of anilines is 1. The maximum Gasteiger partial charge on any atom is 0.481 e. The van der Waals surface area contributed by atoms with Crippen LogP contribution in [0.4, 0.5) is 5.82 Å². The molecule has 364 valence electrons. The average Bonchev–Trinajstić information content (AvgIpc) is 3.78. The molecule has 1 aliphatic heterocycles. The number of carbonyl (C=O) groups is 3. The highest BCUT2D eigenvalue weighted by Gasteiger charge is 2.50. The maximum atomic E-state index is 12.7. The number of carbonyl (C=O) groups excluding carboxylic acids is 3. The molecule has 2 aromatic heterocycles. The Hall–Kier alpha value is -2.70. The van der Waals surface area contributed by atoms with Crippen LogP contribution >= 0.6 is 35.2 Å². The van der Waals surface area contributed by atoms with Gasteiger partial charge >= 0.3 is 23.5 Å². The van der Waals surface area contributed by atoms with Gasteiger partial charge in [0.05, 0.1) is 19.5 Å². The summed E-state index contributed by atoms with van der Waals surface area (Å²) in [4.78, 5) is 88.5. The predicted molar refractivity (Wildman–Crippen MR) is 233 cm³/mol. The van der Waals surface area contributed by atoms with Crippen molar-refractivity contribution >= 4 is 69.1 Å². The molecule has 1 fully saturated rings. The van der Waals surface area contributed by atoms with Gasteiger partial charge in [-0.05, 0) is 18.4 Å². The summed E-state index contributed by atoms with van der Waals surface area (Å²) in [5, 5.41) is 26.4. The minimum atomic E-state index is -5.58. The van der Waals surface area contributed by atoms with Gasteiger partial charge in [0.1, 0.15) is 36.3 Å². The van der Waals surface area contributed by atoms with Crippen molar-refractivity contribution in [3.63, 3.8) is 0 Å². The number of aliphatic hydroxyl groups is 2. The Kier molecular flexibility index (Phi) is 22.6. The molecule has 28 heteroatoms. The number of thioether (sulfide) groups is 1. The molecule has 0 aromatic carbocycles. The SMILES string of the molecule is C=C(CCCCCCCCCCCC)C(=O)SCCNC(=O)CCNC(=O)[C@H](O)C(C)(C)COP(=O)(O)OP(=O)(O)OC[C@H]1O[C@@H](n2cnc3c(N)ncnc32)[C@H](O)[C@@H]1OP(=O)(O)O. The van der Waals surface area contributed by atoms with Crippen molar-refractivity contribution < 1.29 is 80.5 Å². The molecule has 1 aliphatic rings. The largest absolute Gasteiger partial charge is 0.481 e. The number of aliphatic hydroxyl groups excluding tert-OH is 2. The fraction of sp³-hybridized carbons (Fsp3) is 0.722. The quantitative estimate of drug-likeness (QED) is 0.0296. The standard InChI is InChI=1S/C36H62N7O17P3S/c1-5-6-7-8-9-10-11-12-13-14-15-24(2)35(48)64-19-18-38-26(44)16-17-39-33(47)30(46)36(3,4)21-57-63(54,55)60-62(52,53)56-20-25-29(59-61(49,50)51)28(45)34(58-25)43-23-42-27-31(37)40-22-41-32(27)43/h22-23,25,28-30,34,45-46H,2,5-21H2,1,3-4H3,(H,38,44)(H,39,47)(H,52,53)(H,54,55)(H2,37,40,41)(H2,49,50,51)/t25-,28-,29-,30+,34-/m1/s1. The molecular weight excluding hydrogens is 927 g/mol. The lowest BCUT2D eigenvalue weighted by Crippen LogP contribution is -2.46. The van der Waals surface area contributed by atoms with Crippen molar-refractivity contribution in [2.75, 3.05) is 37.8 Å². The highest BCUT2D eigenvalue weighted by atomic mass is 32.2. The number of unbranched alkanes of at least 4 members (excludes halogenated alkanes) is 9. The van der Waals surface area contributed by atoms with E-state index in [1.54, 1.807) is 0 Å². The van der Waals surface area contributed by atoms with Crippen molar-refractivity contribution in [2.24, 2.45) is 5.41 Å². The molecule has 64 heavy (non-hydrogen) atoms. The van der Waals surface area contributed by atoms with Gasteiger partial charge in [-0.25, -0.2) is 28.6 Å². The van der Waals surface area contributed by atoms with Gasteiger partial charge < -0.3 is 50.9 Å². The summed E-state index contributed by atoms with van der Waals surface area (Å²) in [5.74, 6) is -1.13. The number of amides is 2. The van der Waals surface area contributed by atoms with E-state index in [4.69, 9.17) is 19.5 Å². The smallest absolute Gasteiger partial charge is 0.386 e. The first kappa shape index (κ1) is 55.6. The van der Waals surface area contributed by atoms with Crippen molar-refractivity contribution in [3.05, 3.63) is 24.8 Å². The number of fused-ring (bicyclic) bond motifs is 1. The third-order valence-corrected chi connectivity index (χ3v) is 13.9. The molecule has 3 rings (SSSR count). The van der Waals surface area contributed by atoms with Gasteiger partial charge in [-0.15, -0.1) is 0 Å². The third-order valence-electron chi connectivity index (χ3n) is 9.86. The zero-order valence-electron chi connectivity index (χ0n) is 36.1. The van der Waals surface area contributed by atoms with Gasteiger partial charge in [0.15, 0.2) is 17.7 Å². The zero-order valence-corrected chi connectivity index (χ0v) is 39.6. The minimum absolute atomic E-state index is 0.0313. The molecule has 10 N–H and O–H groups in total. The summed E-state index contributed by atoms with van der Waals surface area (Å²) in [6.45, 7) is 6.59. The summed E-state index contributed by atoms with van der Waals surface area (Å²) >= 11 is 1.06. The number of nitrogens with two attached hydrogens (primary N) is 1. The lowest BCUT2D eigenvalue weighted by atomic mass is 9.87. The van der Waals surface area contributed by atoms with Gasteiger partial charge in [-0.1, -0.05) is 96.9 Å². The fourth-order valence-corrected chi connectivity index (χ4v) is 9.83. The Balaban J connectivity index is 1.37. The highest BCUT2D eigenvalue weighted by molar-refractivity contribution is 8.14. The topological polar surface area (TPSA) is 364 Å². The lowest BCUT2D eigenvalue weighted by Gasteiger charge is -2.30. The summed E-state index contributed by atoms with van der Waals surface area (Å²) in [7, 11) is -16.4. The van der Waals surface area contributed by atoms with E-state index in [0.29, 0.717) is 17.7 Å². The van der Waals surface area contributed by atoms with Crippen LogP contribution < -0.4 is 16.4 Å². The van der Waals surface area contributed by atoms with E-state index in [9.17, 15) is 57.9 Å². The van der Waals surface area contributed by atoms with E-state index in [0.717, 1.165) is 48.2 Å². The van der Waals surface area contributed by atoms with E-state index in [-0.39, 0.29) is 41.6 Å². The highest BCUT2D eigenvalue weighted by Crippen LogP contribution is 2.61. The van der Waals surface area contributed by atoms with Crippen LogP contribution in [-0.4, -0.2) is 123 Å².